The van der Waals surface area contributed by atoms with Gasteiger partial charge >= 0.3 is 0 Å². The highest BCUT2D eigenvalue weighted by Crippen LogP contribution is 2.23. The monoisotopic (exact) mass is 317 g/mol. The van der Waals surface area contributed by atoms with E-state index < -0.39 is 4.92 Å². The van der Waals surface area contributed by atoms with Crippen LogP contribution in [0.2, 0.25) is 0 Å². The fourth-order valence-electron chi connectivity index (χ4n) is 1.87. The summed E-state index contributed by atoms with van der Waals surface area (Å²) >= 11 is 3.45. The lowest BCUT2D eigenvalue weighted by atomic mass is 10.1. The highest BCUT2D eigenvalue weighted by Gasteiger charge is 2.08. The molecule has 0 aliphatic heterocycles. The molecule has 1 aromatic carbocycles. The molecule has 0 aliphatic rings. The minimum absolute atomic E-state index is 0.0775. The molecule has 0 atom stereocenters. The number of nitrogens with zero attached hydrogens (tertiary/aromatic N) is 3. The Labute approximate surface area is 116 Å². The summed E-state index contributed by atoms with van der Waals surface area (Å²) < 4.78 is 2.82. The maximum atomic E-state index is 10.6. The average Bonchev–Trinajstić information content (AvgIpc) is 2.84. The summed E-state index contributed by atoms with van der Waals surface area (Å²) in [6.07, 6.45) is 1.89. The molecule has 2 heterocycles. The van der Waals surface area contributed by atoms with Crippen LogP contribution in [0.1, 0.15) is 0 Å². The Hall–Kier alpha value is -2.21. The zero-order chi connectivity index (χ0) is 13.4. The lowest BCUT2D eigenvalue weighted by Gasteiger charge is -1.95. The van der Waals surface area contributed by atoms with Crippen molar-refractivity contribution in [3.63, 3.8) is 0 Å². The van der Waals surface area contributed by atoms with Crippen LogP contribution >= 0.6 is 15.9 Å². The second kappa shape index (κ2) is 4.47. The molecule has 0 amide bonds. The van der Waals surface area contributed by atoms with Gasteiger partial charge in [0.15, 0.2) is 0 Å². The molecule has 0 spiro atoms. The molecule has 0 aliphatic carbocycles. The maximum absolute atomic E-state index is 10.6. The smallest absolute Gasteiger partial charge is 0.269 e. The molecule has 0 saturated carbocycles. The molecular formula is C13H8BrN3O2. The summed E-state index contributed by atoms with van der Waals surface area (Å²) in [5, 5.41) is 10.6. The molecule has 0 N–H and O–H groups in total. The first kappa shape index (κ1) is 11.9. The second-order valence-corrected chi connectivity index (χ2v) is 4.82. The number of imidazole rings is 1. The molecule has 0 bridgehead atoms. The number of fused-ring (bicyclic) bond motifs is 1. The number of non-ortho nitro benzene ring substituents is 1. The van der Waals surface area contributed by atoms with Crippen LogP contribution in [-0.4, -0.2) is 14.3 Å². The van der Waals surface area contributed by atoms with Gasteiger partial charge in [0.2, 0.25) is 0 Å². The van der Waals surface area contributed by atoms with Crippen molar-refractivity contribution >= 4 is 27.3 Å². The molecule has 0 radical (unpaired) electrons. The van der Waals surface area contributed by atoms with Gasteiger partial charge in [-0.1, -0.05) is 6.07 Å². The Morgan fingerprint density at radius 2 is 1.89 bits per heavy atom. The summed E-state index contributed by atoms with van der Waals surface area (Å²) in [5.41, 5.74) is 2.53. The van der Waals surface area contributed by atoms with E-state index in [9.17, 15) is 10.1 Å². The third kappa shape index (κ3) is 2.10. The molecule has 19 heavy (non-hydrogen) atoms. The van der Waals surface area contributed by atoms with Gasteiger partial charge < -0.3 is 0 Å². The van der Waals surface area contributed by atoms with E-state index in [1.54, 1.807) is 12.1 Å². The first-order valence-corrected chi connectivity index (χ1v) is 6.33. The molecule has 3 aromatic rings. The Kier molecular flexibility index (Phi) is 2.79. The van der Waals surface area contributed by atoms with Crippen molar-refractivity contribution in [1.82, 2.24) is 9.38 Å². The summed E-state index contributed by atoms with van der Waals surface area (Å²) in [5.74, 6) is 0. The van der Waals surface area contributed by atoms with Crippen molar-refractivity contribution in [2.75, 3.05) is 0 Å². The van der Waals surface area contributed by atoms with Crippen LogP contribution in [0.15, 0.2) is 53.3 Å². The van der Waals surface area contributed by atoms with Gasteiger partial charge in [-0.25, -0.2) is 4.98 Å². The Balaban J connectivity index is 2.09. The van der Waals surface area contributed by atoms with Crippen molar-refractivity contribution in [3.05, 3.63) is 63.4 Å². The normalized spacial score (nSPS) is 10.8. The Bertz CT molecular complexity index is 765. The van der Waals surface area contributed by atoms with E-state index in [1.165, 1.54) is 12.1 Å². The highest BCUT2D eigenvalue weighted by molar-refractivity contribution is 9.10. The van der Waals surface area contributed by atoms with Crippen LogP contribution in [0.5, 0.6) is 0 Å². The Morgan fingerprint density at radius 3 is 2.53 bits per heavy atom. The van der Waals surface area contributed by atoms with E-state index in [1.807, 2.05) is 28.8 Å². The van der Waals surface area contributed by atoms with Gasteiger partial charge in [0, 0.05) is 23.9 Å². The lowest BCUT2D eigenvalue weighted by Crippen LogP contribution is -1.87. The van der Waals surface area contributed by atoms with E-state index >= 15 is 0 Å². The fourth-order valence-corrected chi connectivity index (χ4v) is 2.31. The predicted molar refractivity (Wildman–Crippen MR) is 75.0 cm³/mol. The summed E-state index contributed by atoms with van der Waals surface area (Å²) in [6, 6.07) is 12.1. The van der Waals surface area contributed by atoms with Gasteiger partial charge in [0.25, 0.3) is 5.69 Å². The molecule has 0 saturated heterocycles. The zero-order valence-corrected chi connectivity index (χ0v) is 11.2. The molecular weight excluding hydrogens is 310 g/mol. The van der Waals surface area contributed by atoms with Crippen molar-refractivity contribution in [1.29, 1.82) is 0 Å². The first-order valence-electron chi connectivity index (χ1n) is 5.53. The quantitative estimate of drug-likeness (QED) is 0.411. The molecule has 0 fully saturated rings. The second-order valence-electron chi connectivity index (χ2n) is 4.01. The summed E-state index contributed by atoms with van der Waals surface area (Å²) in [4.78, 5) is 14.7. The summed E-state index contributed by atoms with van der Waals surface area (Å²) in [6.45, 7) is 0. The SMILES string of the molecule is O=[N+]([O-])c1ccc(-c2cn3c(Br)cccc3n2)cc1. The fraction of sp³-hybridized carbons (Fsp3) is 0. The van der Waals surface area contributed by atoms with Crippen LogP contribution in [-0.2, 0) is 0 Å². The van der Waals surface area contributed by atoms with Gasteiger partial charge in [0.05, 0.1) is 15.2 Å². The third-order valence-electron chi connectivity index (χ3n) is 2.82. The standard InChI is InChI=1S/C13H8BrN3O2/c14-12-2-1-3-13-15-11(8-16(12)13)9-4-6-10(7-5-9)17(18)19/h1-8H. The van der Waals surface area contributed by atoms with Crippen LogP contribution < -0.4 is 0 Å². The largest absolute Gasteiger partial charge is 0.293 e. The van der Waals surface area contributed by atoms with E-state index in [2.05, 4.69) is 20.9 Å². The number of hydrogen-bond donors (Lipinski definition) is 0. The highest BCUT2D eigenvalue weighted by atomic mass is 79.9. The minimum atomic E-state index is -0.413. The third-order valence-corrected chi connectivity index (χ3v) is 3.46. The maximum Gasteiger partial charge on any atom is 0.269 e. The van der Waals surface area contributed by atoms with Crippen LogP contribution in [0, 0.1) is 10.1 Å². The van der Waals surface area contributed by atoms with Gasteiger partial charge in [-0.3, -0.25) is 14.5 Å². The van der Waals surface area contributed by atoms with Crippen molar-refractivity contribution in [3.8, 4) is 11.3 Å². The number of rotatable bonds is 2. The number of hydrogen-bond acceptors (Lipinski definition) is 3. The van der Waals surface area contributed by atoms with Crippen molar-refractivity contribution in [2.24, 2.45) is 0 Å². The van der Waals surface area contributed by atoms with E-state index in [0.29, 0.717) is 0 Å². The molecule has 2 aromatic heterocycles. The molecule has 6 heteroatoms. The number of aromatic nitrogens is 2. The van der Waals surface area contributed by atoms with Gasteiger partial charge in [-0.05, 0) is 40.2 Å². The van der Waals surface area contributed by atoms with Crippen molar-refractivity contribution in [2.45, 2.75) is 0 Å². The number of benzene rings is 1. The van der Waals surface area contributed by atoms with E-state index in [4.69, 9.17) is 0 Å². The van der Waals surface area contributed by atoms with Crippen LogP contribution in [0.3, 0.4) is 0 Å². The first-order chi connectivity index (χ1) is 9.15. The topological polar surface area (TPSA) is 60.4 Å². The number of halogens is 1. The van der Waals surface area contributed by atoms with Crippen LogP contribution in [0.25, 0.3) is 16.9 Å². The number of nitro groups is 1. The predicted octanol–water partition coefficient (Wildman–Crippen LogP) is 3.67. The Morgan fingerprint density at radius 1 is 1.16 bits per heavy atom. The number of pyridine rings is 1. The molecule has 0 unspecified atom stereocenters. The van der Waals surface area contributed by atoms with E-state index in [0.717, 1.165) is 21.5 Å². The molecule has 94 valence electrons. The average molecular weight is 318 g/mol. The zero-order valence-electron chi connectivity index (χ0n) is 9.65. The molecule has 5 nitrogen and oxygen atoms in total. The van der Waals surface area contributed by atoms with E-state index in [-0.39, 0.29) is 5.69 Å². The lowest BCUT2D eigenvalue weighted by molar-refractivity contribution is -0.384. The van der Waals surface area contributed by atoms with Gasteiger partial charge in [-0.15, -0.1) is 0 Å². The van der Waals surface area contributed by atoms with Gasteiger partial charge in [-0.2, -0.15) is 0 Å². The van der Waals surface area contributed by atoms with Crippen molar-refractivity contribution < 1.29 is 4.92 Å². The van der Waals surface area contributed by atoms with Crippen LogP contribution in [0.4, 0.5) is 5.69 Å². The minimum Gasteiger partial charge on any atom is -0.293 e. The molecule has 3 rings (SSSR count). The number of nitro benzene ring substituents is 1. The van der Waals surface area contributed by atoms with Gasteiger partial charge in [0.1, 0.15) is 5.65 Å². The summed E-state index contributed by atoms with van der Waals surface area (Å²) in [7, 11) is 0.